The Morgan fingerprint density at radius 2 is 2.20 bits per heavy atom. The molecule has 3 rings (SSSR count). The number of rotatable bonds is 4. The molecule has 5 nitrogen and oxygen atoms in total. The third-order valence-corrected chi connectivity index (χ3v) is 3.40. The number of nitrogens with one attached hydrogen (secondary N) is 1. The lowest BCUT2D eigenvalue weighted by molar-refractivity contribution is 0.637. The van der Waals surface area contributed by atoms with Crippen molar-refractivity contribution in [2.45, 2.75) is 13.5 Å². The molecule has 0 unspecified atom stereocenters. The first-order valence-corrected chi connectivity index (χ1v) is 7.15. The summed E-state index contributed by atoms with van der Waals surface area (Å²) in [5, 5.41) is 7.65. The van der Waals surface area contributed by atoms with Crippen LogP contribution in [-0.4, -0.2) is 26.3 Å². The summed E-state index contributed by atoms with van der Waals surface area (Å²) >= 11 is 3.41. The number of aryl methyl sites for hydroxylation is 1. The van der Waals surface area contributed by atoms with Crippen LogP contribution < -0.4 is 5.32 Å². The smallest absolute Gasteiger partial charge is 0.112 e. The normalized spacial score (nSPS) is 10.9. The molecule has 1 N–H and O–H groups in total. The van der Waals surface area contributed by atoms with Gasteiger partial charge in [0.05, 0.1) is 23.9 Å². The molecular weight excluding hydrogens is 318 g/mol. The van der Waals surface area contributed by atoms with Gasteiger partial charge in [-0.1, -0.05) is 0 Å². The van der Waals surface area contributed by atoms with E-state index in [0.29, 0.717) is 0 Å². The third-order valence-electron chi connectivity index (χ3n) is 2.96. The molecule has 0 aliphatic rings. The Balaban J connectivity index is 1.74. The van der Waals surface area contributed by atoms with Crippen LogP contribution in [0.25, 0.3) is 11.0 Å². The van der Waals surface area contributed by atoms with Gasteiger partial charge in [0.2, 0.25) is 0 Å². The Morgan fingerprint density at radius 3 is 3.00 bits per heavy atom. The van der Waals surface area contributed by atoms with Crippen molar-refractivity contribution in [3.05, 3.63) is 47.0 Å². The quantitative estimate of drug-likeness (QED) is 0.798. The van der Waals surface area contributed by atoms with Crippen LogP contribution in [0.1, 0.15) is 5.56 Å². The molecule has 3 heterocycles. The van der Waals surface area contributed by atoms with Gasteiger partial charge in [0.15, 0.2) is 0 Å². The van der Waals surface area contributed by atoms with E-state index in [-0.39, 0.29) is 0 Å². The maximum absolute atomic E-state index is 4.42. The zero-order valence-electron chi connectivity index (χ0n) is 11.0. The van der Waals surface area contributed by atoms with Crippen molar-refractivity contribution in [2.75, 3.05) is 11.9 Å². The van der Waals surface area contributed by atoms with Crippen LogP contribution in [0.4, 0.5) is 5.69 Å². The number of pyridine rings is 2. The molecule has 0 bridgehead atoms. The van der Waals surface area contributed by atoms with Crippen LogP contribution in [-0.2, 0) is 6.54 Å². The summed E-state index contributed by atoms with van der Waals surface area (Å²) in [5.74, 6) is 0. The van der Waals surface area contributed by atoms with Gasteiger partial charge < -0.3 is 5.32 Å². The summed E-state index contributed by atoms with van der Waals surface area (Å²) < 4.78 is 2.86. The molecule has 20 heavy (non-hydrogen) atoms. The molecule has 0 amide bonds. The topological polar surface area (TPSA) is 55.6 Å². The second-order valence-electron chi connectivity index (χ2n) is 4.59. The summed E-state index contributed by atoms with van der Waals surface area (Å²) in [6.45, 7) is 3.64. The predicted octanol–water partition coefficient (Wildman–Crippen LogP) is 3.01. The van der Waals surface area contributed by atoms with Crippen molar-refractivity contribution in [1.82, 2.24) is 19.7 Å². The van der Waals surface area contributed by atoms with Crippen LogP contribution >= 0.6 is 15.9 Å². The summed E-state index contributed by atoms with van der Waals surface area (Å²) in [7, 11) is 0. The summed E-state index contributed by atoms with van der Waals surface area (Å²) in [4.78, 5) is 8.74. The molecule has 0 fully saturated rings. The second kappa shape index (κ2) is 5.58. The van der Waals surface area contributed by atoms with Gasteiger partial charge in [-0.15, -0.1) is 0 Å². The number of hydrogen-bond acceptors (Lipinski definition) is 4. The highest BCUT2D eigenvalue weighted by atomic mass is 79.9. The van der Waals surface area contributed by atoms with E-state index >= 15 is 0 Å². The molecule has 0 aromatic carbocycles. The van der Waals surface area contributed by atoms with E-state index in [0.717, 1.165) is 34.3 Å². The number of hydrogen-bond donors (Lipinski definition) is 1. The summed E-state index contributed by atoms with van der Waals surface area (Å²) in [5.41, 5.74) is 3.92. The van der Waals surface area contributed by atoms with Gasteiger partial charge in [-0.2, -0.15) is 5.10 Å². The largest absolute Gasteiger partial charge is 0.381 e. The van der Waals surface area contributed by atoms with E-state index < -0.39 is 0 Å². The average molecular weight is 332 g/mol. The lowest BCUT2D eigenvalue weighted by Crippen LogP contribution is -2.11. The monoisotopic (exact) mass is 331 g/mol. The Kier molecular flexibility index (Phi) is 3.64. The number of nitrogens with zero attached hydrogens (tertiary/aromatic N) is 4. The van der Waals surface area contributed by atoms with Gasteiger partial charge in [-0.25, -0.2) is 0 Å². The lowest BCUT2D eigenvalue weighted by Gasteiger charge is -2.08. The van der Waals surface area contributed by atoms with Gasteiger partial charge >= 0.3 is 0 Å². The molecule has 0 spiro atoms. The van der Waals surface area contributed by atoms with Crippen molar-refractivity contribution in [2.24, 2.45) is 0 Å². The van der Waals surface area contributed by atoms with E-state index in [2.05, 4.69) is 36.3 Å². The Hall–Kier alpha value is -1.95. The molecular formula is C14H14BrN5. The first kappa shape index (κ1) is 13.1. The fraction of sp³-hybridized carbons (Fsp3) is 0.214. The maximum atomic E-state index is 4.42. The van der Waals surface area contributed by atoms with Crippen LogP contribution in [0, 0.1) is 6.92 Å². The molecule has 3 aromatic rings. The first-order valence-electron chi connectivity index (χ1n) is 6.35. The SMILES string of the molecule is Cc1cnn(CCNc2ccnc3cc(Br)cnc23)c1. The molecule has 0 aliphatic carbocycles. The van der Waals surface area contributed by atoms with Crippen LogP contribution in [0.3, 0.4) is 0 Å². The Labute approximate surface area is 125 Å². The minimum absolute atomic E-state index is 0.790. The Bertz CT molecular complexity index is 737. The number of fused-ring (bicyclic) bond motifs is 1. The van der Waals surface area contributed by atoms with Gasteiger partial charge in [0, 0.05) is 29.6 Å². The van der Waals surface area contributed by atoms with Crippen LogP contribution in [0.2, 0.25) is 0 Å². The van der Waals surface area contributed by atoms with E-state index in [1.54, 1.807) is 12.4 Å². The molecule has 0 saturated carbocycles. The molecule has 0 radical (unpaired) electrons. The van der Waals surface area contributed by atoms with E-state index in [1.807, 2.05) is 36.1 Å². The Morgan fingerprint density at radius 1 is 1.30 bits per heavy atom. The predicted molar refractivity (Wildman–Crippen MR) is 82.7 cm³/mol. The fourth-order valence-corrected chi connectivity index (χ4v) is 2.36. The van der Waals surface area contributed by atoms with E-state index in [4.69, 9.17) is 0 Å². The summed E-state index contributed by atoms with van der Waals surface area (Å²) in [6.07, 6.45) is 7.46. The van der Waals surface area contributed by atoms with Gasteiger partial charge in [0.25, 0.3) is 0 Å². The number of halogens is 1. The fourth-order valence-electron chi connectivity index (χ4n) is 2.04. The van der Waals surface area contributed by atoms with Crippen molar-refractivity contribution in [3.8, 4) is 0 Å². The number of anilines is 1. The molecule has 6 heteroatoms. The van der Waals surface area contributed by atoms with Gasteiger partial charge in [-0.05, 0) is 40.5 Å². The molecule has 0 saturated heterocycles. The van der Waals surface area contributed by atoms with Gasteiger partial charge in [-0.3, -0.25) is 14.6 Å². The van der Waals surface area contributed by atoms with E-state index in [1.165, 1.54) is 5.56 Å². The summed E-state index contributed by atoms with van der Waals surface area (Å²) in [6, 6.07) is 3.90. The minimum atomic E-state index is 0.790. The van der Waals surface area contributed by atoms with Crippen molar-refractivity contribution >= 4 is 32.7 Å². The standard InChI is InChI=1S/C14H14BrN5/c1-10-7-19-20(9-10)5-4-17-12-2-3-16-13-6-11(15)8-18-14(12)13/h2-3,6-9H,4-5H2,1H3,(H,16,17). The van der Waals surface area contributed by atoms with Crippen molar-refractivity contribution in [3.63, 3.8) is 0 Å². The van der Waals surface area contributed by atoms with Crippen molar-refractivity contribution in [1.29, 1.82) is 0 Å². The van der Waals surface area contributed by atoms with Gasteiger partial charge in [0.1, 0.15) is 5.52 Å². The molecule has 0 atom stereocenters. The highest BCUT2D eigenvalue weighted by Crippen LogP contribution is 2.21. The lowest BCUT2D eigenvalue weighted by atomic mass is 10.3. The zero-order valence-corrected chi connectivity index (χ0v) is 12.6. The third kappa shape index (κ3) is 2.80. The minimum Gasteiger partial charge on any atom is -0.381 e. The van der Waals surface area contributed by atoms with Crippen LogP contribution in [0.5, 0.6) is 0 Å². The number of aromatic nitrogens is 4. The highest BCUT2D eigenvalue weighted by Gasteiger charge is 2.03. The second-order valence-corrected chi connectivity index (χ2v) is 5.50. The highest BCUT2D eigenvalue weighted by molar-refractivity contribution is 9.10. The zero-order chi connectivity index (χ0) is 13.9. The first-order chi connectivity index (χ1) is 9.72. The van der Waals surface area contributed by atoms with E-state index in [9.17, 15) is 0 Å². The molecule has 0 aliphatic heterocycles. The van der Waals surface area contributed by atoms with Crippen LogP contribution in [0.15, 0.2) is 41.4 Å². The average Bonchev–Trinajstić information content (AvgIpc) is 2.84. The van der Waals surface area contributed by atoms with Crippen molar-refractivity contribution < 1.29 is 0 Å². The maximum Gasteiger partial charge on any atom is 0.112 e. The molecule has 102 valence electrons. The molecule has 3 aromatic heterocycles.